The van der Waals surface area contributed by atoms with E-state index in [1.54, 1.807) is 12.1 Å². The number of carbonyl (C=O) groups is 1. The Hall–Kier alpha value is -2.81. The summed E-state index contributed by atoms with van der Waals surface area (Å²) >= 11 is 18.1. The number of methoxy groups -OCH3 is 1. The fourth-order valence-electron chi connectivity index (χ4n) is 2.31. The van der Waals surface area contributed by atoms with Gasteiger partial charge in [-0.1, -0.05) is 34.8 Å². The van der Waals surface area contributed by atoms with Crippen molar-refractivity contribution in [2.45, 2.75) is 0 Å². The van der Waals surface area contributed by atoms with Crippen LogP contribution >= 0.6 is 34.8 Å². The largest absolute Gasteiger partial charge is 0.496 e. The van der Waals surface area contributed by atoms with E-state index in [0.717, 1.165) is 4.68 Å². The Morgan fingerprint density at radius 1 is 1.11 bits per heavy atom. The molecule has 0 unspecified atom stereocenters. The first kappa shape index (κ1) is 19.9. The maximum absolute atomic E-state index is 11.9. The van der Waals surface area contributed by atoms with Crippen molar-refractivity contribution in [3.63, 3.8) is 0 Å². The van der Waals surface area contributed by atoms with E-state index < -0.39 is 16.4 Å². The number of carbonyl (C=O) groups excluding carboxylic acids is 1. The molecule has 0 aliphatic rings. The van der Waals surface area contributed by atoms with E-state index in [0.29, 0.717) is 17.8 Å². The van der Waals surface area contributed by atoms with Gasteiger partial charge in [0.1, 0.15) is 11.5 Å². The van der Waals surface area contributed by atoms with E-state index in [-0.39, 0.29) is 27.0 Å². The summed E-state index contributed by atoms with van der Waals surface area (Å²) in [6.07, 6.45) is 0.621. The number of rotatable bonds is 5. The zero-order valence-corrected chi connectivity index (χ0v) is 16.3. The van der Waals surface area contributed by atoms with E-state index in [1.807, 2.05) is 4.98 Å². The number of aldehydes is 1. The van der Waals surface area contributed by atoms with Gasteiger partial charge in [-0.05, 0) is 30.3 Å². The average molecular weight is 443 g/mol. The molecule has 0 aliphatic heterocycles. The van der Waals surface area contributed by atoms with Gasteiger partial charge in [-0.3, -0.25) is 14.6 Å². The van der Waals surface area contributed by atoms with Gasteiger partial charge in [0.15, 0.2) is 12.0 Å². The van der Waals surface area contributed by atoms with Gasteiger partial charge in [0.2, 0.25) is 5.15 Å². The van der Waals surface area contributed by atoms with Gasteiger partial charge >= 0.3 is 5.69 Å². The number of benzene rings is 2. The predicted molar refractivity (Wildman–Crippen MR) is 104 cm³/mol. The fourth-order valence-corrected chi connectivity index (χ4v) is 2.98. The molecule has 1 heterocycles. The summed E-state index contributed by atoms with van der Waals surface area (Å²) in [5.41, 5.74) is -1.19. The Morgan fingerprint density at radius 2 is 1.79 bits per heavy atom. The number of nitrogens with zero attached hydrogens (tertiary/aromatic N) is 2. The highest BCUT2D eigenvalue weighted by Crippen LogP contribution is 2.38. The number of aromatic amines is 1. The molecule has 1 N–H and O–H groups in total. The monoisotopic (exact) mass is 441 g/mol. The lowest BCUT2D eigenvalue weighted by Crippen LogP contribution is -2.31. The molecule has 0 radical (unpaired) electrons. The average Bonchev–Trinajstić information content (AvgIpc) is 2.67. The summed E-state index contributed by atoms with van der Waals surface area (Å²) in [7, 11) is 1.44. The zero-order valence-electron chi connectivity index (χ0n) is 14.0. The maximum atomic E-state index is 11.9. The molecule has 1 aromatic heterocycles. The van der Waals surface area contributed by atoms with Crippen molar-refractivity contribution in [3.05, 3.63) is 71.9 Å². The van der Waals surface area contributed by atoms with Gasteiger partial charge in [0.05, 0.1) is 28.4 Å². The van der Waals surface area contributed by atoms with Crippen LogP contribution in [-0.2, 0) is 0 Å². The number of hydrogen-bond donors (Lipinski definition) is 1. The highest BCUT2D eigenvalue weighted by atomic mass is 35.5. The predicted octanol–water partition coefficient (Wildman–Crippen LogP) is 3.49. The normalized spacial score (nSPS) is 10.6. The molecule has 144 valence electrons. The molecule has 28 heavy (non-hydrogen) atoms. The Kier molecular flexibility index (Phi) is 5.73. The van der Waals surface area contributed by atoms with Gasteiger partial charge in [-0.2, -0.15) is 4.68 Å². The van der Waals surface area contributed by atoms with Crippen LogP contribution in [-0.4, -0.2) is 28.2 Å². The molecule has 0 spiro atoms. The van der Waals surface area contributed by atoms with Crippen LogP contribution in [0.15, 0.2) is 39.9 Å². The Balaban J connectivity index is 2.02. The molecule has 3 aromatic rings. The second kappa shape index (κ2) is 8.05. The third-order valence-corrected chi connectivity index (χ3v) is 4.37. The summed E-state index contributed by atoms with van der Waals surface area (Å²) in [5, 5.41) is 3.39. The molecular formula is C17H10Cl3N3O5. The minimum absolute atomic E-state index is 0.0574. The first-order valence-corrected chi connectivity index (χ1v) is 8.67. The number of ether oxygens (including phenoxy) is 2. The number of H-pyrrole nitrogens is 1. The summed E-state index contributed by atoms with van der Waals surface area (Å²) in [6, 6.07) is 7.30. The van der Waals surface area contributed by atoms with Crippen molar-refractivity contribution in [3.8, 4) is 22.9 Å². The highest BCUT2D eigenvalue weighted by Gasteiger charge is 2.15. The van der Waals surface area contributed by atoms with Crippen LogP contribution < -0.4 is 20.7 Å². The lowest BCUT2D eigenvalue weighted by atomic mass is 10.2. The molecule has 0 fully saturated rings. The first-order valence-electron chi connectivity index (χ1n) is 7.53. The standard InChI is InChI=1S/C17H10Cl3N3O5/c1-27-13-3-2-10(4-8(13)7-24)28-14-11(18)5-9(6-12(14)19)23-17(26)21-16(25)15(20)22-23/h2-7H,1H3,(H,21,25,26). The first-order chi connectivity index (χ1) is 13.3. The quantitative estimate of drug-likeness (QED) is 0.607. The third kappa shape index (κ3) is 3.89. The van der Waals surface area contributed by atoms with Gasteiger partial charge in [-0.25, -0.2) is 4.79 Å². The number of nitrogens with one attached hydrogen (secondary N) is 1. The van der Waals surface area contributed by atoms with Gasteiger partial charge in [-0.15, -0.1) is 5.10 Å². The molecular weight excluding hydrogens is 433 g/mol. The highest BCUT2D eigenvalue weighted by molar-refractivity contribution is 6.37. The molecule has 11 heteroatoms. The van der Waals surface area contributed by atoms with Crippen molar-refractivity contribution < 1.29 is 14.3 Å². The minimum Gasteiger partial charge on any atom is -0.496 e. The van der Waals surface area contributed by atoms with E-state index >= 15 is 0 Å². The van der Waals surface area contributed by atoms with Crippen LogP contribution in [0.25, 0.3) is 5.69 Å². The minimum atomic E-state index is -0.819. The second-order valence-electron chi connectivity index (χ2n) is 5.32. The van der Waals surface area contributed by atoms with Crippen molar-refractivity contribution in [2.75, 3.05) is 7.11 Å². The van der Waals surface area contributed by atoms with Crippen LogP contribution in [0.4, 0.5) is 0 Å². The van der Waals surface area contributed by atoms with Crippen LogP contribution in [0.3, 0.4) is 0 Å². The lowest BCUT2D eigenvalue weighted by molar-refractivity contribution is 0.112. The van der Waals surface area contributed by atoms with Crippen LogP contribution in [0.5, 0.6) is 17.2 Å². The molecule has 0 saturated carbocycles. The topological polar surface area (TPSA) is 103 Å². The van der Waals surface area contributed by atoms with Gasteiger partial charge in [0.25, 0.3) is 5.56 Å². The molecule has 0 aliphatic carbocycles. The molecule has 0 bridgehead atoms. The van der Waals surface area contributed by atoms with Crippen molar-refractivity contribution in [2.24, 2.45) is 0 Å². The van der Waals surface area contributed by atoms with E-state index in [2.05, 4.69) is 5.10 Å². The summed E-state index contributed by atoms with van der Waals surface area (Å²) < 4.78 is 11.6. The van der Waals surface area contributed by atoms with Crippen LogP contribution in [0.1, 0.15) is 10.4 Å². The summed E-state index contributed by atoms with van der Waals surface area (Å²) in [4.78, 5) is 36.5. The molecule has 3 rings (SSSR count). The van der Waals surface area contributed by atoms with Crippen molar-refractivity contribution in [1.29, 1.82) is 0 Å². The summed E-state index contributed by atoms with van der Waals surface area (Å²) in [6.45, 7) is 0. The van der Waals surface area contributed by atoms with Crippen molar-refractivity contribution >= 4 is 41.1 Å². The zero-order chi connectivity index (χ0) is 20.4. The Labute approximate surface area is 172 Å². The number of aromatic nitrogens is 3. The summed E-state index contributed by atoms with van der Waals surface area (Å²) in [5.74, 6) is 0.773. The van der Waals surface area contributed by atoms with E-state index in [4.69, 9.17) is 44.3 Å². The van der Waals surface area contributed by atoms with E-state index in [9.17, 15) is 14.4 Å². The lowest BCUT2D eigenvalue weighted by Gasteiger charge is -2.13. The Morgan fingerprint density at radius 3 is 2.39 bits per heavy atom. The molecule has 0 amide bonds. The van der Waals surface area contributed by atoms with Crippen LogP contribution in [0, 0.1) is 0 Å². The van der Waals surface area contributed by atoms with E-state index in [1.165, 1.54) is 25.3 Å². The van der Waals surface area contributed by atoms with Gasteiger partial charge < -0.3 is 9.47 Å². The van der Waals surface area contributed by atoms with Crippen LogP contribution in [0.2, 0.25) is 15.2 Å². The maximum Gasteiger partial charge on any atom is 0.349 e. The SMILES string of the molecule is COc1ccc(Oc2c(Cl)cc(-n3nc(Cl)c(=O)[nH]c3=O)cc2Cl)cc1C=O. The number of hydrogen-bond acceptors (Lipinski definition) is 6. The fraction of sp³-hybridized carbons (Fsp3) is 0.0588. The van der Waals surface area contributed by atoms with Gasteiger partial charge in [0, 0.05) is 0 Å². The number of halogens is 3. The second-order valence-corrected chi connectivity index (χ2v) is 6.50. The molecule has 0 saturated heterocycles. The third-order valence-electron chi connectivity index (χ3n) is 3.56. The Bertz CT molecular complexity index is 1170. The molecule has 0 atom stereocenters. The molecule has 2 aromatic carbocycles. The smallest absolute Gasteiger partial charge is 0.349 e. The van der Waals surface area contributed by atoms with Crippen molar-refractivity contribution in [1.82, 2.24) is 14.8 Å². The molecule has 8 nitrogen and oxygen atoms in total.